The van der Waals surface area contributed by atoms with Crippen molar-refractivity contribution in [3.8, 4) is 5.75 Å². The molecule has 0 saturated heterocycles. The number of benzene rings is 3. The predicted molar refractivity (Wildman–Crippen MR) is 133 cm³/mol. The first-order chi connectivity index (χ1) is 16.7. The summed E-state index contributed by atoms with van der Waals surface area (Å²) in [7, 11) is 0. The highest BCUT2D eigenvalue weighted by molar-refractivity contribution is 5.91. The smallest absolute Gasteiger partial charge is 0.262 e. The van der Waals surface area contributed by atoms with Crippen LogP contribution in [-0.4, -0.2) is 29.9 Å². The van der Waals surface area contributed by atoms with Crippen LogP contribution in [0.3, 0.4) is 0 Å². The van der Waals surface area contributed by atoms with Gasteiger partial charge in [0.2, 0.25) is 5.91 Å². The van der Waals surface area contributed by atoms with E-state index < -0.39 is 0 Å². The maximum Gasteiger partial charge on any atom is 0.262 e. The van der Waals surface area contributed by atoms with E-state index in [0.29, 0.717) is 5.75 Å². The third-order valence-electron chi connectivity index (χ3n) is 6.88. The molecule has 2 aliphatic rings. The second-order valence-electron chi connectivity index (χ2n) is 9.14. The van der Waals surface area contributed by atoms with Crippen molar-refractivity contribution in [1.82, 2.24) is 4.90 Å². The highest BCUT2D eigenvalue weighted by atomic mass is 16.5. The summed E-state index contributed by atoms with van der Waals surface area (Å²) in [4.78, 5) is 27.9. The van der Waals surface area contributed by atoms with E-state index in [4.69, 9.17) is 4.74 Å². The Kier molecular flexibility index (Phi) is 6.61. The van der Waals surface area contributed by atoms with Gasteiger partial charge < -0.3 is 15.0 Å². The number of nitrogens with one attached hydrogen (secondary N) is 1. The number of nitrogens with zero attached hydrogens (tertiary/aromatic N) is 1. The van der Waals surface area contributed by atoms with Gasteiger partial charge in [0.1, 0.15) is 5.75 Å². The lowest BCUT2D eigenvalue weighted by Gasteiger charge is -2.39. The molecule has 1 saturated carbocycles. The minimum atomic E-state index is -0.207. The molecule has 1 unspecified atom stereocenters. The molecule has 0 radical (unpaired) electrons. The molecule has 0 bridgehead atoms. The summed E-state index contributed by atoms with van der Waals surface area (Å²) in [6, 6.07) is 25.5. The monoisotopic (exact) mass is 454 g/mol. The highest BCUT2D eigenvalue weighted by Crippen LogP contribution is 2.39. The van der Waals surface area contributed by atoms with Gasteiger partial charge in [0.25, 0.3) is 5.91 Å². The Morgan fingerprint density at radius 2 is 1.62 bits per heavy atom. The van der Waals surface area contributed by atoms with E-state index in [9.17, 15) is 9.59 Å². The molecule has 174 valence electrons. The predicted octanol–water partition coefficient (Wildman–Crippen LogP) is 5.37. The van der Waals surface area contributed by atoms with Crippen molar-refractivity contribution in [2.75, 3.05) is 18.5 Å². The van der Waals surface area contributed by atoms with Gasteiger partial charge >= 0.3 is 0 Å². The first-order valence-electron chi connectivity index (χ1n) is 12.1. The SMILES string of the molecule is O=C(COc1ccc2c(c1)C(c1ccccc1)N(C(=O)C1CCCC1)CC2)Nc1ccccc1. The Balaban J connectivity index is 1.38. The Morgan fingerprint density at radius 1 is 0.912 bits per heavy atom. The number of hydrogen-bond donors (Lipinski definition) is 1. The van der Waals surface area contributed by atoms with E-state index in [0.717, 1.165) is 55.5 Å². The van der Waals surface area contributed by atoms with Crippen molar-refractivity contribution in [3.05, 3.63) is 95.6 Å². The van der Waals surface area contributed by atoms with Gasteiger partial charge in [-0.05, 0) is 60.2 Å². The van der Waals surface area contributed by atoms with Crippen LogP contribution in [0.25, 0.3) is 0 Å². The fourth-order valence-corrected chi connectivity index (χ4v) is 5.19. The van der Waals surface area contributed by atoms with Gasteiger partial charge in [-0.1, -0.05) is 67.4 Å². The van der Waals surface area contributed by atoms with E-state index in [1.165, 1.54) is 5.56 Å². The van der Waals surface area contributed by atoms with Crippen molar-refractivity contribution in [1.29, 1.82) is 0 Å². The quantitative estimate of drug-likeness (QED) is 0.545. The Bertz CT molecular complexity index is 1140. The van der Waals surface area contributed by atoms with Crippen LogP contribution in [0, 0.1) is 5.92 Å². The summed E-state index contributed by atoms with van der Waals surface area (Å²) < 4.78 is 5.87. The molecular formula is C29H30N2O3. The lowest BCUT2D eigenvalue weighted by Crippen LogP contribution is -2.43. The number of carbonyl (C=O) groups excluding carboxylic acids is 2. The summed E-state index contributed by atoms with van der Waals surface area (Å²) in [6.07, 6.45) is 5.08. The number of rotatable bonds is 6. The first-order valence-corrected chi connectivity index (χ1v) is 12.1. The van der Waals surface area contributed by atoms with Gasteiger partial charge in [-0.3, -0.25) is 9.59 Å². The molecule has 34 heavy (non-hydrogen) atoms. The van der Waals surface area contributed by atoms with Crippen molar-refractivity contribution in [3.63, 3.8) is 0 Å². The molecule has 1 aliphatic heterocycles. The van der Waals surface area contributed by atoms with Gasteiger partial charge in [0.05, 0.1) is 6.04 Å². The maximum absolute atomic E-state index is 13.5. The number of ether oxygens (including phenoxy) is 1. The number of para-hydroxylation sites is 1. The number of amides is 2. The Morgan fingerprint density at radius 3 is 2.35 bits per heavy atom. The molecule has 5 heteroatoms. The van der Waals surface area contributed by atoms with Crippen LogP contribution in [0.15, 0.2) is 78.9 Å². The van der Waals surface area contributed by atoms with Crippen molar-refractivity contribution in [2.45, 2.75) is 38.1 Å². The van der Waals surface area contributed by atoms with E-state index in [1.54, 1.807) is 0 Å². The summed E-state index contributed by atoms with van der Waals surface area (Å²) >= 11 is 0. The average Bonchev–Trinajstić information content (AvgIpc) is 3.42. The van der Waals surface area contributed by atoms with Crippen molar-refractivity contribution in [2.24, 2.45) is 5.92 Å². The third kappa shape index (κ3) is 4.84. The van der Waals surface area contributed by atoms with Crippen LogP contribution in [0.4, 0.5) is 5.69 Å². The van der Waals surface area contributed by atoms with E-state index in [-0.39, 0.29) is 30.4 Å². The van der Waals surface area contributed by atoms with Crippen molar-refractivity contribution >= 4 is 17.5 Å². The summed E-state index contributed by atoms with van der Waals surface area (Å²) in [5.41, 5.74) is 4.16. The second kappa shape index (κ2) is 10.1. The minimum absolute atomic E-state index is 0.0750. The molecule has 1 atom stereocenters. The van der Waals surface area contributed by atoms with Crippen LogP contribution >= 0.6 is 0 Å². The molecule has 1 aliphatic carbocycles. The van der Waals surface area contributed by atoms with Gasteiger partial charge in [-0.25, -0.2) is 0 Å². The van der Waals surface area contributed by atoms with Crippen LogP contribution in [0.1, 0.15) is 48.4 Å². The minimum Gasteiger partial charge on any atom is -0.484 e. The molecule has 1 N–H and O–H groups in total. The van der Waals surface area contributed by atoms with E-state index >= 15 is 0 Å². The lowest BCUT2D eigenvalue weighted by atomic mass is 9.87. The highest BCUT2D eigenvalue weighted by Gasteiger charge is 2.36. The molecule has 1 fully saturated rings. The topological polar surface area (TPSA) is 58.6 Å². The zero-order chi connectivity index (χ0) is 23.3. The molecule has 0 aromatic heterocycles. The van der Waals surface area contributed by atoms with Crippen molar-refractivity contribution < 1.29 is 14.3 Å². The molecule has 5 nitrogen and oxygen atoms in total. The lowest BCUT2D eigenvalue weighted by molar-refractivity contribution is -0.137. The Hall–Kier alpha value is -3.60. The molecule has 0 spiro atoms. The summed E-state index contributed by atoms with van der Waals surface area (Å²) in [5, 5.41) is 2.85. The zero-order valence-electron chi connectivity index (χ0n) is 19.3. The Labute approximate surface area is 200 Å². The van der Waals surface area contributed by atoms with Gasteiger partial charge in [-0.2, -0.15) is 0 Å². The second-order valence-corrected chi connectivity index (χ2v) is 9.14. The summed E-state index contributed by atoms with van der Waals surface area (Å²) in [5.74, 6) is 0.832. The third-order valence-corrected chi connectivity index (χ3v) is 6.88. The maximum atomic E-state index is 13.5. The fraction of sp³-hybridized carbons (Fsp3) is 0.310. The molecule has 5 rings (SSSR count). The molecule has 3 aromatic carbocycles. The van der Waals surface area contributed by atoms with E-state index in [1.807, 2.05) is 60.7 Å². The van der Waals surface area contributed by atoms with Gasteiger partial charge in [-0.15, -0.1) is 0 Å². The van der Waals surface area contributed by atoms with E-state index in [2.05, 4.69) is 28.4 Å². The molecule has 1 heterocycles. The average molecular weight is 455 g/mol. The largest absolute Gasteiger partial charge is 0.484 e. The van der Waals surface area contributed by atoms with Crippen LogP contribution in [0.5, 0.6) is 5.75 Å². The standard InChI is InChI=1S/C29H30N2O3/c32-27(30-24-13-5-2-6-14-24)20-34-25-16-15-21-17-18-31(29(33)23-11-7-8-12-23)28(26(21)19-25)22-9-3-1-4-10-22/h1-6,9-10,13-16,19,23,28H,7-8,11-12,17-18,20H2,(H,30,32). The summed E-state index contributed by atoms with van der Waals surface area (Å²) in [6.45, 7) is 0.649. The first kappa shape index (κ1) is 22.2. The zero-order valence-corrected chi connectivity index (χ0v) is 19.3. The van der Waals surface area contributed by atoms with Crippen LogP contribution < -0.4 is 10.1 Å². The molecule has 3 aromatic rings. The number of carbonyl (C=O) groups is 2. The number of fused-ring (bicyclic) bond motifs is 1. The number of anilines is 1. The molecular weight excluding hydrogens is 424 g/mol. The van der Waals surface area contributed by atoms with Crippen LogP contribution in [0.2, 0.25) is 0 Å². The van der Waals surface area contributed by atoms with Gasteiger partial charge in [0, 0.05) is 18.2 Å². The van der Waals surface area contributed by atoms with Gasteiger partial charge in [0.15, 0.2) is 6.61 Å². The normalized spacial score (nSPS) is 17.8. The fourth-order valence-electron chi connectivity index (χ4n) is 5.19. The molecule has 2 amide bonds. The number of hydrogen-bond acceptors (Lipinski definition) is 3. The van der Waals surface area contributed by atoms with Crippen LogP contribution in [-0.2, 0) is 16.0 Å².